The molecule has 1 aromatic carbocycles. The predicted octanol–water partition coefficient (Wildman–Crippen LogP) is 3.96. The number of fused-ring (bicyclic) bond motifs is 1. The lowest BCUT2D eigenvalue weighted by molar-refractivity contribution is 0.102. The molecule has 17 heavy (non-hydrogen) atoms. The minimum atomic E-state index is 0.193. The highest BCUT2D eigenvalue weighted by Crippen LogP contribution is 2.26. The van der Waals surface area contributed by atoms with Gasteiger partial charge >= 0.3 is 0 Å². The van der Waals surface area contributed by atoms with Gasteiger partial charge in [-0.05, 0) is 46.9 Å². The van der Waals surface area contributed by atoms with Crippen LogP contribution >= 0.6 is 11.3 Å². The molecule has 0 saturated carbocycles. The number of thiophene rings is 1. The average Bonchev–Trinajstić information content (AvgIpc) is 2.86. The third-order valence-corrected chi connectivity index (χ3v) is 3.80. The Labute approximate surface area is 104 Å². The molecule has 0 spiro atoms. The zero-order valence-corrected chi connectivity index (χ0v) is 10.2. The first kappa shape index (κ1) is 10.5. The fourth-order valence-corrected chi connectivity index (χ4v) is 2.83. The Kier molecular flexibility index (Phi) is 2.65. The van der Waals surface area contributed by atoms with Crippen molar-refractivity contribution < 1.29 is 4.79 Å². The van der Waals surface area contributed by atoms with E-state index in [1.807, 2.05) is 35.7 Å². The Balaban J connectivity index is 2.00. The van der Waals surface area contributed by atoms with Crippen LogP contribution in [-0.2, 0) is 6.42 Å². The summed E-state index contributed by atoms with van der Waals surface area (Å²) >= 11 is 1.66. The van der Waals surface area contributed by atoms with Crippen molar-refractivity contribution in [3.05, 3.63) is 63.4 Å². The number of rotatable bonds is 1. The van der Waals surface area contributed by atoms with Gasteiger partial charge < -0.3 is 0 Å². The molecule has 0 unspecified atom stereocenters. The summed E-state index contributed by atoms with van der Waals surface area (Å²) in [5.74, 6) is 0.193. The van der Waals surface area contributed by atoms with Gasteiger partial charge in [-0.25, -0.2) is 0 Å². The van der Waals surface area contributed by atoms with E-state index in [-0.39, 0.29) is 5.78 Å². The van der Waals surface area contributed by atoms with Gasteiger partial charge in [-0.1, -0.05) is 24.3 Å². The summed E-state index contributed by atoms with van der Waals surface area (Å²) in [4.78, 5) is 12.3. The number of carbonyl (C=O) groups excluding carboxylic acids is 1. The lowest BCUT2D eigenvalue weighted by Gasteiger charge is -2.16. The fraction of sp³-hybridized carbons (Fsp3) is 0.133. The van der Waals surface area contributed by atoms with Crippen LogP contribution in [0.4, 0.5) is 0 Å². The first-order chi connectivity index (χ1) is 8.34. The summed E-state index contributed by atoms with van der Waals surface area (Å²) in [6.45, 7) is 0. The molecule has 1 nitrogen and oxygen atoms in total. The Morgan fingerprint density at radius 2 is 2.00 bits per heavy atom. The van der Waals surface area contributed by atoms with E-state index in [0.717, 1.165) is 29.5 Å². The molecule has 0 fully saturated rings. The van der Waals surface area contributed by atoms with E-state index in [1.165, 1.54) is 5.56 Å². The molecule has 0 amide bonds. The van der Waals surface area contributed by atoms with Crippen molar-refractivity contribution in [3.8, 4) is 0 Å². The summed E-state index contributed by atoms with van der Waals surface area (Å²) in [6, 6.07) is 9.96. The van der Waals surface area contributed by atoms with Crippen LogP contribution < -0.4 is 0 Å². The van der Waals surface area contributed by atoms with Gasteiger partial charge in [-0.15, -0.1) is 0 Å². The first-order valence-corrected chi connectivity index (χ1v) is 6.64. The molecule has 1 heterocycles. The zero-order valence-electron chi connectivity index (χ0n) is 9.35. The van der Waals surface area contributed by atoms with E-state index in [2.05, 4.69) is 11.4 Å². The van der Waals surface area contributed by atoms with Gasteiger partial charge in [-0.3, -0.25) is 4.79 Å². The maximum Gasteiger partial charge on any atom is 0.189 e. The smallest absolute Gasteiger partial charge is 0.189 e. The predicted molar refractivity (Wildman–Crippen MR) is 71.4 cm³/mol. The number of Topliss-reactive ketones (excluding diaryl/α,β-unsaturated/α-hetero) is 1. The van der Waals surface area contributed by atoms with E-state index in [1.54, 1.807) is 11.3 Å². The maximum atomic E-state index is 12.3. The second-order valence-electron chi connectivity index (χ2n) is 4.21. The third kappa shape index (κ3) is 1.96. The second kappa shape index (κ2) is 4.30. The van der Waals surface area contributed by atoms with Gasteiger partial charge in [-0.2, -0.15) is 11.3 Å². The van der Waals surface area contributed by atoms with E-state index in [0.29, 0.717) is 0 Å². The Morgan fingerprint density at radius 1 is 1.12 bits per heavy atom. The van der Waals surface area contributed by atoms with Crippen LogP contribution in [0.1, 0.15) is 27.9 Å². The first-order valence-electron chi connectivity index (χ1n) is 5.70. The molecule has 0 saturated heterocycles. The number of allylic oxidation sites excluding steroid dienone is 1. The molecule has 1 aromatic heterocycles. The number of ketones is 1. The number of hydrogen-bond acceptors (Lipinski definition) is 2. The van der Waals surface area contributed by atoms with Crippen molar-refractivity contribution in [2.45, 2.75) is 12.8 Å². The van der Waals surface area contributed by atoms with Crippen LogP contribution in [0.3, 0.4) is 0 Å². The Hall–Kier alpha value is -1.67. The quantitative estimate of drug-likeness (QED) is 0.689. The van der Waals surface area contributed by atoms with Crippen molar-refractivity contribution in [1.82, 2.24) is 0 Å². The Bertz CT molecular complexity index is 579. The van der Waals surface area contributed by atoms with Crippen molar-refractivity contribution in [3.63, 3.8) is 0 Å². The second-order valence-corrected chi connectivity index (χ2v) is 4.99. The van der Waals surface area contributed by atoms with E-state index < -0.39 is 0 Å². The molecule has 84 valence electrons. The Morgan fingerprint density at radius 3 is 2.82 bits per heavy atom. The van der Waals surface area contributed by atoms with Crippen LogP contribution in [-0.4, -0.2) is 5.78 Å². The molecule has 2 aromatic rings. The monoisotopic (exact) mass is 240 g/mol. The van der Waals surface area contributed by atoms with Gasteiger partial charge in [0.15, 0.2) is 5.78 Å². The standard InChI is InChI=1S/C15H12OS/c16-15-13(9-11-7-8-17-10-11)6-5-12-3-1-2-4-14(12)15/h1-4,7-10H,5-6H2/b13-9+. The van der Waals surface area contributed by atoms with Crippen molar-refractivity contribution in [2.75, 3.05) is 0 Å². The summed E-state index contributed by atoms with van der Waals surface area (Å²) in [5.41, 5.74) is 4.13. The summed E-state index contributed by atoms with van der Waals surface area (Å²) in [6.07, 6.45) is 3.85. The molecule has 2 heteroatoms. The highest BCUT2D eigenvalue weighted by molar-refractivity contribution is 7.08. The number of aryl methyl sites for hydroxylation is 1. The largest absolute Gasteiger partial charge is 0.289 e. The lowest BCUT2D eigenvalue weighted by Crippen LogP contribution is -2.13. The molecule has 1 aliphatic rings. The van der Waals surface area contributed by atoms with Gasteiger partial charge in [0.25, 0.3) is 0 Å². The minimum absolute atomic E-state index is 0.193. The average molecular weight is 240 g/mol. The van der Waals surface area contributed by atoms with E-state index >= 15 is 0 Å². The fourth-order valence-electron chi connectivity index (χ4n) is 2.21. The van der Waals surface area contributed by atoms with Crippen LogP contribution in [0.5, 0.6) is 0 Å². The van der Waals surface area contributed by atoms with Gasteiger partial charge in [0.2, 0.25) is 0 Å². The van der Waals surface area contributed by atoms with Crippen molar-refractivity contribution in [1.29, 1.82) is 0 Å². The molecular formula is C15H12OS. The summed E-state index contributed by atoms with van der Waals surface area (Å²) in [7, 11) is 0. The maximum absolute atomic E-state index is 12.3. The molecule has 0 aliphatic heterocycles. The lowest BCUT2D eigenvalue weighted by atomic mass is 9.86. The van der Waals surface area contributed by atoms with Crippen LogP contribution in [0, 0.1) is 0 Å². The van der Waals surface area contributed by atoms with Gasteiger partial charge in [0, 0.05) is 11.1 Å². The minimum Gasteiger partial charge on any atom is -0.289 e. The highest BCUT2D eigenvalue weighted by Gasteiger charge is 2.20. The van der Waals surface area contributed by atoms with Crippen molar-refractivity contribution >= 4 is 23.2 Å². The van der Waals surface area contributed by atoms with Gasteiger partial charge in [0.1, 0.15) is 0 Å². The number of hydrogen-bond donors (Lipinski definition) is 0. The molecular weight excluding hydrogens is 228 g/mol. The highest BCUT2D eigenvalue weighted by atomic mass is 32.1. The van der Waals surface area contributed by atoms with Crippen molar-refractivity contribution in [2.24, 2.45) is 0 Å². The molecule has 0 atom stereocenters. The normalized spacial score (nSPS) is 17.2. The van der Waals surface area contributed by atoms with E-state index in [4.69, 9.17) is 0 Å². The van der Waals surface area contributed by atoms with Gasteiger partial charge in [0.05, 0.1) is 0 Å². The molecule has 1 aliphatic carbocycles. The molecule has 0 radical (unpaired) electrons. The molecule has 3 rings (SSSR count). The number of benzene rings is 1. The van der Waals surface area contributed by atoms with Crippen LogP contribution in [0.25, 0.3) is 6.08 Å². The third-order valence-electron chi connectivity index (χ3n) is 3.10. The summed E-state index contributed by atoms with van der Waals surface area (Å²) in [5, 5.41) is 4.11. The molecule has 0 N–H and O–H groups in total. The van der Waals surface area contributed by atoms with Crippen LogP contribution in [0.15, 0.2) is 46.7 Å². The zero-order chi connectivity index (χ0) is 11.7. The SMILES string of the molecule is O=C1/C(=C/c2ccsc2)CCc2ccccc21. The number of carbonyl (C=O) groups is 1. The topological polar surface area (TPSA) is 17.1 Å². The molecule has 0 bridgehead atoms. The van der Waals surface area contributed by atoms with Crippen LogP contribution in [0.2, 0.25) is 0 Å². The van der Waals surface area contributed by atoms with E-state index in [9.17, 15) is 4.79 Å². The summed E-state index contributed by atoms with van der Waals surface area (Å²) < 4.78 is 0.